The Morgan fingerprint density at radius 2 is 2.20 bits per heavy atom. The second-order valence-electron chi connectivity index (χ2n) is 2.17. The first-order valence-corrected chi connectivity index (χ1v) is 3.89. The Bertz CT molecular complexity index is 220. The van der Waals surface area contributed by atoms with Crippen LogP contribution in [-0.4, -0.2) is 0 Å². The Balaban J connectivity index is 2.96. The van der Waals surface area contributed by atoms with Crippen LogP contribution in [0.15, 0.2) is 28.7 Å². The van der Waals surface area contributed by atoms with Gasteiger partial charge in [-0.25, -0.2) is 4.39 Å². The first kappa shape index (κ1) is 7.73. The first-order valence-electron chi connectivity index (χ1n) is 3.09. The van der Waals surface area contributed by atoms with Gasteiger partial charge in [0.25, 0.3) is 0 Å². The average Bonchev–Trinajstić information content (AvgIpc) is 1.88. The van der Waals surface area contributed by atoms with Gasteiger partial charge in [0.15, 0.2) is 0 Å². The van der Waals surface area contributed by atoms with Gasteiger partial charge in [-0.3, -0.25) is 0 Å². The Morgan fingerprint density at radius 1 is 1.50 bits per heavy atom. The smallest absolute Gasteiger partial charge is 0.122 e. The van der Waals surface area contributed by atoms with Crippen LogP contribution in [0.25, 0.3) is 0 Å². The Hall–Kier alpha value is -0.370. The number of rotatable bonds is 1. The SMILES string of the molecule is C[C@H](F)c1cccc(Br)c1. The molecule has 2 heteroatoms. The van der Waals surface area contributed by atoms with E-state index in [1.165, 1.54) is 6.92 Å². The number of benzene rings is 1. The molecule has 0 radical (unpaired) electrons. The van der Waals surface area contributed by atoms with Crippen molar-refractivity contribution in [2.24, 2.45) is 0 Å². The average molecular weight is 203 g/mol. The van der Waals surface area contributed by atoms with Crippen molar-refractivity contribution in [1.82, 2.24) is 0 Å². The van der Waals surface area contributed by atoms with Gasteiger partial charge in [0.05, 0.1) is 0 Å². The van der Waals surface area contributed by atoms with Gasteiger partial charge in [-0.15, -0.1) is 0 Å². The molecule has 0 N–H and O–H groups in total. The number of hydrogen-bond donors (Lipinski definition) is 0. The zero-order valence-electron chi connectivity index (χ0n) is 5.64. The van der Waals surface area contributed by atoms with Gasteiger partial charge >= 0.3 is 0 Å². The molecule has 0 spiro atoms. The van der Waals surface area contributed by atoms with Gasteiger partial charge in [-0.1, -0.05) is 28.1 Å². The van der Waals surface area contributed by atoms with Gasteiger partial charge in [0.1, 0.15) is 6.17 Å². The molecule has 0 saturated carbocycles. The van der Waals surface area contributed by atoms with E-state index in [-0.39, 0.29) is 0 Å². The molecule has 1 rings (SSSR count). The lowest BCUT2D eigenvalue weighted by Crippen LogP contribution is -1.83. The molecule has 1 aromatic rings. The molecule has 1 aromatic carbocycles. The molecule has 0 bridgehead atoms. The highest BCUT2D eigenvalue weighted by atomic mass is 79.9. The molecule has 0 fully saturated rings. The molecular weight excluding hydrogens is 195 g/mol. The predicted octanol–water partition coefficient (Wildman–Crippen LogP) is 3.48. The molecule has 0 heterocycles. The normalized spacial score (nSPS) is 13.1. The fraction of sp³-hybridized carbons (Fsp3) is 0.250. The second-order valence-corrected chi connectivity index (χ2v) is 3.09. The number of halogens is 2. The largest absolute Gasteiger partial charge is 0.243 e. The van der Waals surface area contributed by atoms with Gasteiger partial charge in [-0.05, 0) is 24.6 Å². The Morgan fingerprint density at radius 3 is 2.60 bits per heavy atom. The van der Waals surface area contributed by atoms with Crippen LogP contribution >= 0.6 is 15.9 Å². The van der Waals surface area contributed by atoms with Crippen LogP contribution in [0.5, 0.6) is 0 Å². The summed E-state index contributed by atoms with van der Waals surface area (Å²) in [5.74, 6) is 0. The van der Waals surface area contributed by atoms with Crippen LogP contribution in [-0.2, 0) is 0 Å². The molecule has 0 amide bonds. The van der Waals surface area contributed by atoms with Crippen molar-refractivity contribution >= 4 is 15.9 Å². The molecule has 10 heavy (non-hydrogen) atoms. The summed E-state index contributed by atoms with van der Waals surface area (Å²) < 4.78 is 13.5. The maximum absolute atomic E-state index is 12.6. The summed E-state index contributed by atoms with van der Waals surface area (Å²) in [7, 11) is 0. The zero-order valence-corrected chi connectivity index (χ0v) is 7.23. The highest BCUT2D eigenvalue weighted by molar-refractivity contribution is 9.10. The van der Waals surface area contributed by atoms with Crippen LogP contribution in [0.3, 0.4) is 0 Å². The quantitative estimate of drug-likeness (QED) is 0.655. The maximum Gasteiger partial charge on any atom is 0.122 e. The molecule has 0 unspecified atom stereocenters. The molecule has 0 saturated heterocycles. The number of alkyl halides is 1. The molecular formula is C8H8BrF. The van der Waals surface area contributed by atoms with E-state index in [2.05, 4.69) is 15.9 Å². The third-order valence-electron chi connectivity index (χ3n) is 1.31. The fourth-order valence-corrected chi connectivity index (χ4v) is 1.17. The lowest BCUT2D eigenvalue weighted by atomic mass is 10.1. The van der Waals surface area contributed by atoms with Crippen molar-refractivity contribution in [1.29, 1.82) is 0 Å². The fourth-order valence-electron chi connectivity index (χ4n) is 0.754. The van der Waals surface area contributed by atoms with E-state index in [0.29, 0.717) is 0 Å². The highest BCUT2D eigenvalue weighted by Crippen LogP contribution is 2.19. The molecule has 54 valence electrons. The van der Waals surface area contributed by atoms with Crippen molar-refractivity contribution in [2.75, 3.05) is 0 Å². The Labute approximate surface area is 68.2 Å². The van der Waals surface area contributed by atoms with E-state index >= 15 is 0 Å². The van der Waals surface area contributed by atoms with Crippen molar-refractivity contribution in [2.45, 2.75) is 13.1 Å². The molecule has 0 aliphatic carbocycles. The van der Waals surface area contributed by atoms with Crippen molar-refractivity contribution in [3.05, 3.63) is 34.3 Å². The van der Waals surface area contributed by atoms with Gasteiger partial charge in [0, 0.05) is 4.47 Å². The third-order valence-corrected chi connectivity index (χ3v) is 1.80. The van der Waals surface area contributed by atoms with Crippen molar-refractivity contribution in [3.8, 4) is 0 Å². The van der Waals surface area contributed by atoms with E-state index < -0.39 is 6.17 Å². The summed E-state index contributed by atoms with van der Waals surface area (Å²) in [4.78, 5) is 0. The van der Waals surface area contributed by atoms with Crippen LogP contribution in [0.4, 0.5) is 4.39 Å². The van der Waals surface area contributed by atoms with E-state index in [1.807, 2.05) is 12.1 Å². The minimum Gasteiger partial charge on any atom is -0.243 e. The predicted molar refractivity (Wildman–Crippen MR) is 43.7 cm³/mol. The summed E-state index contributed by atoms with van der Waals surface area (Å²) in [6, 6.07) is 7.27. The number of hydrogen-bond acceptors (Lipinski definition) is 0. The third kappa shape index (κ3) is 1.81. The first-order chi connectivity index (χ1) is 4.70. The van der Waals surface area contributed by atoms with Gasteiger partial charge < -0.3 is 0 Å². The van der Waals surface area contributed by atoms with Crippen LogP contribution in [0.2, 0.25) is 0 Å². The van der Waals surface area contributed by atoms with Crippen LogP contribution in [0.1, 0.15) is 18.7 Å². The summed E-state index contributed by atoms with van der Waals surface area (Å²) in [5.41, 5.74) is 0.717. The summed E-state index contributed by atoms with van der Waals surface area (Å²) in [5, 5.41) is 0. The summed E-state index contributed by atoms with van der Waals surface area (Å²) in [6.45, 7) is 1.53. The van der Waals surface area contributed by atoms with E-state index in [1.54, 1.807) is 12.1 Å². The summed E-state index contributed by atoms with van der Waals surface area (Å²) >= 11 is 3.26. The Kier molecular flexibility index (Phi) is 2.44. The maximum atomic E-state index is 12.6. The molecule has 1 atom stereocenters. The standard InChI is InChI=1S/C8H8BrF/c1-6(10)7-3-2-4-8(9)5-7/h2-6H,1H3/t6-/m0/s1. The lowest BCUT2D eigenvalue weighted by Gasteiger charge is -2.00. The molecule has 0 aliphatic rings. The minimum atomic E-state index is -0.877. The topological polar surface area (TPSA) is 0 Å². The van der Waals surface area contributed by atoms with E-state index in [0.717, 1.165) is 10.0 Å². The lowest BCUT2D eigenvalue weighted by molar-refractivity contribution is 0.374. The molecule has 0 nitrogen and oxygen atoms in total. The van der Waals surface area contributed by atoms with Gasteiger partial charge in [0.2, 0.25) is 0 Å². The highest BCUT2D eigenvalue weighted by Gasteiger charge is 2.00. The van der Waals surface area contributed by atoms with Crippen LogP contribution < -0.4 is 0 Å². The zero-order chi connectivity index (χ0) is 7.56. The van der Waals surface area contributed by atoms with Crippen molar-refractivity contribution < 1.29 is 4.39 Å². The second kappa shape index (κ2) is 3.15. The van der Waals surface area contributed by atoms with Gasteiger partial charge in [-0.2, -0.15) is 0 Å². The molecule has 0 aliphatic heterocycles. The van der Waals surface area contributed by atoms with Crippen LogP contribution in [0, 0.1) is 0 Å². The van der Waals surface area contributed by atoms with Crippen molar-refractivity contribution in [3.63, 3.8) is 0 Å². The monoisotopic (exact) mass is 202 g/mol. The molecule has 0 aromatic heterocycles. The summed E-state index contributed by atoms with van der Waals surface area (Å²) in [6.07, 6.45) is -0.877. The van der Waals surface area contributed by atoms with E-state index in [9.17, 15) is 4.39 Å². The minimum absolute atomic E-state index is 0.717. The van der Waals surface area contributed by atoms with E-state index in [4.69, 9.17) is 0 Å².